The molecule has 0 saturated carbocycles. The van der Waals surface area contributed by atoms with E-state index in [1.165, 1.54) is 0 Å². The summed E-state index contributed by atoms with van der Waals surface area (Å²) in [4.78, 5) is 17.4. The molecule has 1 amide bonds. The smallest absolute Gasteiger partial charge is 0.255 e. The van der Waals surface area contributed by atoms with E-state index < -0.39 is 0 Å². The highest BCUT2D eigenvalue weighted by molar-refractivity contribution is 6.04. The van der Waals surface area contributed by atoms with Gasteiger partial charge in [-0.2, -0.15) is 0 Å². The second-order valence-electron chi connectivity index (χ2n) is 6.92. The number of amides is 1. The molecule has 0 aliphatic carbocycles. The van der Waals surface area contributed by atoms with Gasteiger partial charge in [-0.25, -0.2) is 4.98 Å². The van der Waals surface area contributed by atoms with Gasteiger partial charge >= 0.3 is 0 Å². The van der Waals surface area contributed by atoms with Crippen LogP contribution >= 0.6 is 0 Å². The first-order valence-electron chi connectivity index (χ1n) is 9.59. The zero-order valence-electron chi connectivity index (χ0n) is 16.6. The monoisotopic (exact) mass is 385 g/mol. The highest BCUT2D eigenvalue weighted by Gasteiger charge is 2.12. The van der Waals surface area contributed by atoms with Crippen molar-refractivity contribution >= 4 is 22.6 Å². The number of imidazole rings is 1. The molecule has 3 aromatic carbocycles. The minimum Gasteiger partial charge on any atom is -0.497 e. The number of carbonyl (C=O) groups is 1. The number of hydrogen-bond donors (Lipinski definition) is 1. The molecule has 0 bridgehead atoms. The Bertz CT molecular complexity index is 1160. The van der Waals surface area contributed by atoms with Crippen LogP contribution in [-0.2, 0) is 19.9 Å². The molecule has 5 heteroatoms. The maximum absolute atomic E-state index is 12.7. The summed E-state index contributed by atoms with van der Waals surface area (Å²) in [5.41, 5.74) is 4.59. The fourth-order valence-electron chi connectivity index (χ4n) is 3.48. The number of rotatable bonds is 6. The summed E-state index contributed by atoms with van der Waals surface area (Å²) in [5.74, 6) is 1.53. The first kappa shape index (κ1) is 18.7. The Morgan fingerprint density at radius 3 is 2.62 bits per heavy atom. The fraction of sp³-hybridized carbons (Fsp3) is 0.167. The third-order valence-corrected chi connectivity index (χ3v) is 5.10. The van der Waals surface area contributed by atoms with Crippen molar-refractivity contribution in [2.75, 3.05) is 12.4 Å². The molecule has 0 atom stereocenters. The van der Waals surface area contributed by atoms with E-state index in [1.54, 1.807) is 19.2 Å². The van der Waals surface area contributed by atoms with Crippen LogP contribution in [0.25, 0.3) is 11.0 Å². The van der Waals surface area contributed by atoms with Gasteiger partial charge < -0.3 is 14.6 Å². The zero-order valence-corrected chi connectivity index (χ0v) is 16.6. The van der Waals surface area contributed by atoms with Crippen LogP contribution in [0.2, 0.25) is 0 Å². The summed E-state index contributed by atoms with van der Waals surface area (Å²) < 4.78 is 7.35. The number of aromatic nitrogens is 2. The standard InChI is InChI=1S/C24H23N3O2/c1-27-22-13-6-5-12-21(22)25-23(27)15-14-17-8-3-4-11-20(17)26-24(28)18-9-7-10-19(16-18)29-2/h3-13,16H,14-15H2,1-2H3,(H,26,28). The third-order valence-electron chi connectivity index (χ3n) is 5.10. The zero-order chi connectivity index (χ0) is 20.2. The van der Waals surface area contributed by atoms with Crippen molar-refractivity contribution in [1.82, 2.24) is 9.55 Å². The fourth-order valence-corrected chi connectivity index (χ4v) is 3.48. The lowest BCUT2D eigenvalue weighted by molar-refractivity contribution is 0.102. The molecule has 0 aliphatic rings. The van der Waals surface area contributed by atoms with Gasteiger partial charge in [-0.15, -0.1) is 0 Å². The topological polar surface area (TPSA) is 56.1 Å². The van der Waals surface area contributed by atoms with Crippen molar-refractivity contribution in [3.8, 4) is 5.75 Å². The Hall–Kier alpha value is -3.60. The number of para-hydroxylation sites is 3. The molecule has 4 rings (SSSR count). The number of anilines is 1. The average molecular weight is 385 g/mol. The molecule has 0 fully saturated rings. The number of carbonyl (C=O) groups excluding carboxylic acids is 1. The number of nitrogens with zero attached hydrogens (tertiary/aromatic N) is 2. The van der Waals surface area contributed by atoms with Crippen molar-refractivity contribution in [3.05, 3.63) is 89.7 Å². The Balaban J connectivity index is 1.52. The van der Waals surface area contributed by atoms with Crippen molar-refractivity contribution < 1.29 is 9.53 Å². The van der Waals surface area contributed by atoms with Crippen LogP contribution in [0.3, 0.4) is 0 Å². The number of ether oxygens (including phenoxy) is 1. The van der Waals surface area contributed by atoms with E-state index in [4.69, 9.17) is 9.72 Å². The highest BCUT2D eigenvalue weighted by atomic mass is 16.5. The highest BCUT2D eigenvalue weighted by Crippen LogP contribution is 2.21. The van der Waals surface area contributed by atoms with Crippen molar-refractivity contribution in [3.63, 3.8) is 0 Å². The Morgan fingerprint density at radius 2 is 1.79 bits per heavy atom. The number of nitrogens with one attached hydrogen (secondary N) is 1. The predicted octanol–water partition coefficient (Wildman–Crippen LogP) is 4.62. The molecule has 0 spiro atoms. The molecule has 1 N–H and O–H groups in total. The van der Waals surface area contributed by atoms with Gasteiger partial charge in [0.15, 0.2) is 0 Å². The summed E-state index contributed by atoms with van der Waals surface area (Å²) in [6.07, 6.45) is 1.57. The lowest BCUT2D eigenvalue weighted by Gasteiger charge is -2.12. The van der Waals surface area contributed by atoms with Crippen LogP contribution in [0.1, 0.15) is 21.7 Å². The molecule has 0 aliphatic heterocycles. The van der Waals surface area contributed by atoms with Crippen molar-refractivity contribution in [1.29, 1.82) is 0 Å². The van der Waals surface area contributed by atoms with Gasteiger partial charge in [0.05, 0.1) is 18.1 Å². The largest absolute Gasteiger partial charge is 0.497 e. The molecule has 0 unspecified atom stereocenters. The van der Waals surface area contributed by atoms with Gasteiger partial charge in [0.2, 0.25) is 0 Å². The summed E-state index contributed by atoms with van der Waals surface area (Å²) in [7, 11) is 3.63. The molecule has 29 heavy (non-hydrogen) atoms. The van der Waals surface area contributed by atoms with E-state index in [1.807, 2.05) is 61.6 Å². The van der Waals surface area contributed by atoms with Crippen LogP contribution in [-0.4, -0.2) is 22.6 Å². The molecule has 0 saturated heterocycles. The quantitative estimate of drug-likeness (QED) is 0.527. The van der Waals surface area contributed by atoms with Crippen molar-refractivity contribution in [2.45, 2.75) is 12.8 Å². The molecule has 146 valence electrons. The minimum absolute atomic E-state index is 0.154. The van der Waals surface area contributed by atoms with Gasteiger partial charge in [-0.1, -0.05) is 36.4 Å². The van der Waals surface area contributed by atoms with Crippen LogP contribution in [0.5, 0.6) is 5.75 Å². The van der Waals surface area contributed by atoms with E-state index in [0.29, 0.717) is 11.3 Å². The van der Waals surface area contributed by atoms with Gasteiger partial charge in [0.25, 0.3) is 5.91 Å². The van der Waals surface area contributed by atoms with Gasteiger partial charge in [-0.3, -0.25) is 4.79 Å². The third kappa shape index (κ3) is 3.99. The van der Waals surface area contributed by atoms with E-state index >= 15 is 0 Å². The minimum atomic E-state index is -0.154. The Kier molecular flexibility index (Phi) is 5.29. The molecule has 0 radical (unpaired) electrons. The number of aryl methyl sites for hydroxylation is 3. The number of methoxy groups -OCH3 is 1. The first-order valence-corrected chi connectivity index (χ1v) is 9.59. The van der Waals surface area contributed by atoms with Crippen LogP contribution in [0.4, 0.5) is 5.69 Å². The second kappa shape index (κ2) is 8.19. The van der Waals surface area contributed by atoms with Crippen LogP contribution in [0.15, 0.2) is 72.8 Å². The molecular formula is C24H23N3O2. The van der Waals surface area contributed by atoms with E-state index in [9.17, 15) is 4.79 Å². The molecule has 4 aromatic rings. The Labute approximate surface area is 170 Å². The number of benzene rings is 3. The summed E-state index contributed by atoms with van der Waals surface area (Å²) >= 11 is 0. The van der Waals surface area contributed by atoms with Crippen LogP contribution < -0.4 is 10.1 Å². The maximum Gasteiger partial charge on any atom is 0.255 e. The lowest BCUT2D eigenvalue weighted by Crippen LogP contribution is -2.13. The van der Waals surface area contributed by atoms with Crippen LogP contribution in [0, 0.1) is 0 Å². The van der Waals surface area contributed by atoms with Gasteiger partial charge in [0.1, 0.15) is 11.6 Å². The molecular weight excluding hydrogens is 362 g/mol. The summed E-state index contributed by atoms with van der Waals surface area (Å²) in [6.45, 7) is 0. The predicted molar refractivity (Wildman–Crippen MR) is 116 cm³/mol. The van der Waals surface area contributed by atoms with E-state index in [2.05, 4.69) is 16.0 Å². The number of fused-ring (bicyclic) bond motifs is 1. The van der Waals surface area contributed by atoms with Gasteiger partial charge in [-0.05, 0) is 48.4 Å². The number of hydrogen-bond acceptors (Lipinski definition) is 3. The SMILES string of the molecule is COc1cccc(C(=O)Nc2ccccc2CCc2nc3ccccc3n2C)c1. The lowest BCUT2D eigenvalue weighted by atomic mass is 10.1. The summed E-state index contributed by atoms with van der Waals surface area (Å²) in [6, 6.07) is 23.2. The molecule has 1 aromatic heterocycles. The first-order chi connectivity index (χ1) is 14.2. The Morgan fingerprint density at radius 1 is 1.00 bits per heavy atom. The summed E-state index contributed by atoms with van der Waals surface area (Å²) in [5, 5.41) is 3.03. The van der Waals surface area contributed by atoms with E-state index in [0.717, 1.165) is 41.0 Å². The molecule has 5 nitrogen and oxygen atoms in total. The van der Waals surface area contributed by atoms with Crippen molar-refractivity contribution in [2.24, 2.45) is 7.05 Å². The second-order valence-corrected chi connectivity index (χ2v) is 6.92. The normalized spacial score (nSPS) is 10.8. The maximum atomic E-state index is 12.7. The average Bonchev–Trinajstić information content (AvgIpc) is 3.09. The van der Waals surface area contributed by atoms with Gasteiger partial charge in [0, 0.05) is 24.7 Å². The van der Waals surface area contributed by atoms with E-state index in [-0.39, 0.29) is 5.91 Å². The molecule has 1 heterocycles.